The summed E-state index contributed by atoms with van der Waals surface area (Å²) in [7, 11) is 0. The number of thiazole rings is 1. The van der Waals surface area contributed by atoms with E-state index in [1.54, 1.807) is 11.3 Å². The minimum absolute atomic E-state index is 0.0743. The van der Waals surface area contributed by atoms with Crippen LogP contribution in [0.4, 0.5) is 5.69 Å². The van der Waals surface area contributed by atoms with E-state index in [2.05, 4.69) is 10.3 Å². The molecule has 0 aliphatic carbocycles. The van der Waals surface area contributed by atoms with Gasteiger partial charge in [0.25, 0.3) is 0 Å². The highest BCUT2D eigenvalue weighted by molar-refractivity contribution is 7.09. The van der Waals surface area contributed by atoms with Crippen molar-refractivity contribution < 1.29 is 4.74 Å². The number of rotatable bonds is 5. The van der Waals surface area contributed by atoms with Gasteiger partial charge in [-0.2, -0.15) is 5.26 Å². The smallest absolute Gasteiger partial charge is 0.174 e. The Morgan fingerprint density at radius 1 is 1.39 bits per heavy atom. The van der Waals surface area contributed by atoms with Gasteiger partial charge in [-0.3, -0.25) is 0 Å². The molecule has 0 fully saturated rings. The molecule has 0 unspecified atom stereocenters. The summed E-state index contributed by atoms with van der Waals surface area (Å²) >= 11 is 1.65. The predicted octanol–water partition coefficient (Wildman–Crippen LogP) is 2.97. The number of benzene rings is 1. The maximum absolute atomic E-state index is 8.40. The lowest BCUT2D eigenvalue weighted by Crippen LogP contribution is -2.00. The van der Waals surface area contributed by atoms with E-state index in [1.165, 1.54) is 0 Å². The van der Waals surface area contributed by atoms with Crippen LogP contribution in [0.3, 0.4) is 0 Å². The number of hydrogen-bond donors (Lipinski definition) is 1. The second-order valence-corrected chi connectivity index (χ2v) is 4.74. The zero-order valence-corrected chi connectivity index (χ0v) is 10.8. The summed E-state index contributed by atoms with van der Waals surface area (Å²) in [5, 5.41) is 14.8. The van der Waals surface area contributed by atoms with E-state index in [1.807, 2.05) is 42.6 Å². The van der Waals surface area contributed by atoms with Crippen molar-refractivity contribution in [2.45, 2.75) is 13.5 Å². The number of hydrogen-bond acceptors (Lipinski definition) is 5. The van der Waals surface area contributed by atoms with Crippen molar-refractivity contribution >= 4 is 17.0 Å². The van der Waals surface area contributed by atoms with Gasteiger partial charge in [-0.15, -0.1) is 11.3 Å². The maximum Gasteiger partial charge on any atom is 0.174 e. The Hall–Kier alpha value is -2.06. The predicted molar refractivity (Wildman–Crippen MR) is 71.7 cm³/mol. The molecule has 0 aliphatic heterocycles. The van der Waals surface area contributed by atoms with Crippen molar-refractivity contribution in [1.29, 1.82) is 5.26 Å². The van der Waals surface area contributed by atoms with Gasteiger partial charge in [0.15, 0.2) is 6.61 Å². The molecule has 2 rings (SSSR count). The monoisotopic (exact) mass is 259 g/mol. The summed E-state index contributed by atoms with van der Waals surface area (Å²) in [5.41, 5.74) is 2.05. The normalized spacial score (nSPS) is 9.78. The average Bonchev–Trinajstić information content (AvgIpc) is 2.81. The third-order valence-electron chi connectivity index (χ3n) is 2.30. The zero-order chi connectivity index (χ0) is 12.8. The second kappa shape index (κ2) is 6.03. The third kappa shape index (κ3) is 3.47. The van der Waals surface area contributed by atoms with Crippen LogP contribution in [0, 0.1) is 18.3 Å². The van der Waals surface area contributed by atoms with Crippen LogP contribution in [0.1, 0.15) is 10.7 Å². The topological polar surface area (TPSA) is 57.9 Å². The third-order valence-corrected chi connectivity index (χ3v) is 3.12. The highest BCUT2D eigenvalue weighted by Crippen LogP contribution is 2.16. The fourth-order valence-corrected chi connectivity index (χ4v) is 2.08. The molecule has 5 heteroatoms. The van der Waals surface area contributed by atoms with Gasteiger partial charge in [0.1, 0.15) is 11.8 Å². The minimum Gasteiger partial charge on any atom is -0.479 e. The number of aryl methyl sites for hydroxylation is 1. The molecule has 0 radical (unpaired) electrons. The first kappa shape index (κ1) is 12.4. The van der Waals surface area contributed by atoms with Crippen molar-refractivity contribution in [3.05, 3.63) is 40.3 Å². The van der Waals surface area contributed by atoms with Gasteiger partial charge >= 0.3 is 0 Å². The number of ether oxygens (including phenoxy) is 1. The lowest BCUT2D eigenvalue weighted by Gasteiger charge is -2.06. The molecule has 1 aromatic carbocycles. The molecule has 0 saturated carbocycles. The van der Waals surface area contributed by atoms with Crippen molar-refractivity contribution in [3.63, 3.8) is 0 Å². The van der Waals surface area contributed by atoms with E-state index in [0.717, 1.165) is 16.4 Å². The standard InChI is InChI=1S/C13H13N3OS/c1-10-16-12(9-18-10)8-15-11-2-4-13(5-3-11)17-7-6-14/h2-5,9,15H,7-8H2,1H3. The maximum atomic E-state index is 8.40. The fourth-order valence-electron chi connectivity index (χ4n) is 1.47. The number of anilines is 1. The largest absolute Gasteiger partial charge is 0.479 e. The molecular formula is C13H13N3OS. The summed E-state index contributed by atoms with van der Waals surface area (Å²) in [6.07, 6.45) is 0. The van der Waals surface area contributed by atoms with Crippen LogP contribution >= 0.6 is 11.3 Å². The van der Waals surface area contributed by atoms with Gasteiger partial charge in [-0.1, -0.05) is 0 Å². The molecule has 1 N–H and O–H groups in total. The van der Waals surface area contributed by atoms with Crippen molar-refractivity contribution in [2.75, 3.05) is 11.9 Å². The number of nitriles is 1. The van der Waals surface area contributed by atoms with Crippen LogP contribution in [0.15, 0.2) is 29.6 Å². The van der Waals surface area contributed by atoms with Crippen LogP contribution in [0.2, 0.25) is 0 Å². The van der Waals surface area contributed by atoms with E-state index >= 15 is 0 Å². The van der Waals surface area contributed by atoms with Gasteiger partial charge in [-0.05, 0) is 31.2 Å². The first-order chi connectivity index (χ1) is 8.78. The van der Waals surface area contributed by atoms with Gasteiger partial charge in [0.2, 0.25) is 0 Å². The summed E-state index contributed by atoms with van der Waals surface area (Å²) < 4.78 is 5.18. The lowest BCUT2D eigenvalue weighted by atomic mass is 10.3. The summed E-state index contributed by atoms with van der Waals surface area (Å²) in [4.78, 5) is 4.38. The Morgan fingerprint density at radius 3 is 2.78 bits per heavy atom. The van der Waals surface area contributed by atoms with Gasteiger partial charge < -0.3 is 10.1 Å². The Bertz CT molecular complexity index is 542. The van der Waals surface area contributed by atoms with Crippen molar-refractivity contribution in [2.24, 2.45) is 0 Å². The van der Waals surface area contributed by atoms with E-state index in [0.29, 0.717) is 12.3 Å². The summed E-state index contributed by atoms with van der Waals surface area (Å²) in [6.45, 7) is 2.78. The highest BCUT2D eigenvalue weighted by Gasteiger charge is 1.99. The van der Waals surface area contributed by atoms with Crippen LogP contribution in [0.25, 0.3) is 0 Å². The fraction of sp³-hybridized carbons (Fsp3) is 0.231. The minimum atomic E-state index is 0.0743. The molecule has 0 aliphatic rings. The van der Waals surface area contributed by atoms with Crippen LogP contribution in [-0.4, -0.2) is 11.6 Å². The van der Waals surface area contributed by atoms with E-state index < -0.39 is 0 Å². The Kier molecular flexibility index (Phi) is 4.15. The van der Waals surface area contributed by atoms with Gasteiger partial charge in [0, 0.05) is 11.1 Å². The number of nitrogens with one attached hydrogen (secondary N) is 1. The molecule has 4 nitrogen and oxygen atoms in total. The molecule has 0 bridgehead atoms. The van der Waals surface area contributed by atoms with E-state index in [-0.39, 0.29) is 6.61 Å². The Morgan fingerprint density at radius 2 is 2.17 bits per heavy atom. The first-order valence-electron chi connectivity index (χ1n) is 5.52. The zero-order valence-electron chi connectivity index (χ0n) is 10.0. The van der Waals surface area contributed by atoms with Gasteiger partial charge in [-0.25, -0.2) is 4.98 Å². The van der Waals surface area contributed by atoms with E-state index in [9.17, 15) is 0 Å². The molecule has 2 aromatic rings. The molecular weight excluding hydrogens is 246 g/mol. The molecule has 0 saturated heterocycles. The summed E-state index contributed by atoms with van der Waals surface area (Å²) in [5.74, 6) is 0.701. The first-order valence-corrected chi connectivity index (χ1v) is 6.40. The lowest BCUT2D eigenvalue weighted by molar-refractivity contribution is 0.368. The quantitative estimate of drug-likeness (QED) is 0.896. The molecule has 1 aromatic heterocycles. The van der Waals surface area contributed by atoms with Crippen molar-refractivity contribution in [1.82, 2.24) is 4.98 Å². The van der Waals surface area contributed by atoms with Crippen LogP contribution in [0.5, 0.6) is 5.75 Å². The Labute approximate surface area is 110 Å². The van der Waals surface area contributed by atoms with Crippen LogP contribution < -0.4 is 10.1 Å². The average molecular weight is 259 g/mol. The molecule has 0 spiro atoms. The van der Waals surface area contributed by atoms with Gasteiger partial charge in [0.05, 0.1) is 17.2 Å². The molecule has 92 valence electrons. The SMILES string of the molecule is Cc1nc(CNc2ccc(OCC#N)cc2)cs1. The molecule has 1 heterocycles. The molecule has 0 amide bonds. The highest BCUT2D eigenvalue weighted by atomic mass is 32.1. The van der Waals surface area contributed by atoms with E-state index in [4.69, 9.17) is 10.00 Å². The number of nitrogens with zero attached hydrogens (tertiary/aromatic N) is 2. The molecule has 0 atom stereocenters. The number of aromatic nitrogens is 1. The molecule has 18 heavy (non-hydrogen) atoms. The second-order valence-electron chi connectivity index (χ2n) is 3.68. The van der Waals surface area contributed by atoms with Crippen molar-refractivity contribution in [3.8, 4) is 11.8 Å². The Balaban J connectivity index is 1.88. The van der Waals surface area contributed by atoms with Crippen LogP contribution in [-0.2, 0) is 6.54 Å². The summed E-state index contributed by atoms with van der Waals surface area (Å²) in [6, 6.07) is 9.46.